The molecule has 1 fully saturated rings. The molecule has 1 saturated heterocycles. The lowest BCUT2D eigenvalue weighted by molar-refractivity contribution is -0.367. The zero-order valence-corrected chi connectivity index (χ0v) is 13.5. The topological polar surface area (TPSA) is 74.2 Å². The summed E-state index contributed by atoms with van der Waals surface area (Å²) in [5, 5.41) is -0.194. The summed E-state index contributed by atoms with van der Waals surface area (Å²) < 4.78 is 5.40. The minimum absolute atomic E-state index is 0.189. The van der Waals surface area contributed by atoms with Gasteiger partial charge in [-0.3, -0.25) is 14.5 Å². The molecule has 0 aromatic heterocycles. The molecule has 1 aliphatic rings. The second-order valence-electron chi connectivity index (χ2n) is 4.86. The number of hydrogen-bond acceptors (Lipinski definition) is 4. The van der Waals surface area contributed by atoms with Crippen molar-refractivity contribution in [3.63, 3.8) is 0 Å². The number of carbonyl (C=O) groups is 2. The molecule has 118 valence electrons. The summed E-state index contributed by atoms with van der Waals surface area (Å²) in [5.74, 6) is 0.672. The number of thioether (sulfide) groups is 1. The Morgan fingerprint density at radius 2 is 2.00 bits per heavy atom. The van der Waals surface area contributed by atoms with Gasteiger partial charge in [0.25, 0.3) is 11.1 Å². The van der Waals surface area contributed by atoms with E-state index in [9.17, 15) is 9.59 Å². The highest BCUT2D eigenvalue weighted by molar-refractivity contribution is 8.18. The minimum atomic E-state index is -0.194. The normalized spacial score (nSPS) is 16.6. The van der Waals surface area contributed by atoms with Crippen molar-refractivity contribution < 1.29 is 20.1 Å². The molecule has 0 unspecified atom stereocenters. The van der Waals surface area contributed by atoms with Crippen molar-refractivity contribution in [1.29, 1.82) is 0 Å². The largest absolute Gasteiger partial charge is 0.494 e. The SMILES string of the molecule is CCOc1ccc(CC/C=C2\SC(=O)N(CC[NH3+])C2=O)cc1. The molecule has 0 spiro atoms. The van der Waals surface area contributed by atoms with Gasteiger partial charge in [0.2, 0.25) is 0 Å². The maximum absolute atomic E-state index is 12.0. The van der Waals surface area contributed by atoms with Crippen LogP contribution in [0.3, 0.4) is 0 Å². The van der Waals surface area contributed by atoms with Crippen molar-refractivity contribution in [3.8, 4) is 5.75 Å². The molecule has 0 atom stereocenters. The number of hydrogen-bond donors (Lipinski definition) is 1. The molecule has 1 heterocycles. The summed E-state index contributed by atoms with van der Waals surface area (Å²) >= 11 is 1.02. The highest BCUT2D eigenvalue weighted by Gasteiger charge is 2.34. The van der Waals surface area contributed by atoms with Crippen LogP contribution in [0, 0.1) is 0 Å². The number of carbonyl (C=O) groups excluding carboxylic acids is 2. The van der Waals surface area contributed by atoms with Crippen LogP contribution in [0.15, 0.2) is 35.2 Å². The highest BCUT2D eigenvalue weighted by Crippen LogP contribution is 2.30. The Morgan fingerprint density at radius 1 is 1.27 bits per heavy atom. The molecule has 3 N–H and O–H groups in total. The Morgan fingerprint density at radius 3 is 2.64 bits per heavy atom. The van der Waals surface area contributed by atoms with Crippen LogP contribution in [0.5, 0.6) is 5.75 Å². The quantitative estimate of drug-likeness (QED) is 0.778. The van der Waals surface area contributed by atoms with Crippen LogP contribution in [-0.4, -0.2) is 35.7 Å². The first-order chi connectivity index (χ1) is 10.7. The standard InChI is InChI=1S/C16H20N2O3S/c1-2-21-13-8-6-12(7-9-13)4-3-5-14-15(19)18(11-10-17)16(20)22-14/h5-9H,2-4,10-11,17H2,1H3/p+1/b14-5-. The summed E-state index contributed by atoms with van der Waals surface area (Å²) in [6, 6.07) is 7.93. The van der Waals surface area contributed by atoms with Gasteiger partial charge in [-0.1, -0.05) is 18.2 Å². The molecule has 2 rings (SSSR count). The predicted octanol–water partition coefficient (Wildman–Crippen LogP) is 1.84. The number of allylic oxidation sites excluding steroid dienone is 1. The smallest absolute Gasteiger partial charge is 0.293 e. The van der Waals surface area contributed by atoms with E-state index >= 15 is 0 Å². The first-order valence-corrected chi connectivity index (χ1v) is 8.22. The summed E-state index contributed by atoms with van der Waals surface area (Å²) in [6.45, 7) is 3.54. The molecule has 5 nitrogen and oxygen atoms in total. The Balaban J connectivity index is 1.89. The van der Waals surface area contributed by atoms with Crippen molar-refractivity contribution in [3.05, 3.63) is 40.8 Å². The van der Waals surface area contributed by atoms with Crippen molar-refractivity contribution >= 4 is 22.9 Å². The highest BCUT2D eigenvalue weighted by atomic mass is 32.2. The van der Waals surface area contributed by atoms with Gasteiger partial charge in [0, 0.05) is 0 Å². The van der Waals surface area contributed by atoms with E-state index in [0.717, 1.165) is 30.4 Å². The second-order valence-corrected chi connectivity index (χ2v) is 5.86. The van der Waals surface area contributed by atoms with Gasteiger partial charge >= 0.3 is 0 Å². The maximum atomic E-state index is 12.0. The number of ether oxygens (including phenoxy) is 1. The lowest BCUT2D eigenvalue weighted by Gasteiger charge is -2.08. The van der Waals surface area contributed by atoms with E-state index in [-0.39, 0.29) is 11.1 Å². The van der Waals surface area contributed by atoms with Crippen molar-refractivity contribution in [2.75, 3.05) is 19.7 Å². The number of nitrogens with zero attached hydrogens (tertiary/aromatic N) is 1. The lowest BCUT2D eigenvalue weighted by atomic mass is 10.1. The molecular formula is C16H21N2O3S+. The predicted molar refractivity (Wildman–Crippen MR) is 86.5 cm³/mol. The van der Waals surface area contributed by atoms with Crippen molar-refractivity contribution in [2.45, 2.75) is 19.8 Å². The summed E-state index contributed by atoms with van der Waals surface area (Å²) in [6.07, 6.45) is 3.41. The fraction of sp³-hybridized carbons (Fsp3) is 0.375. The van der Waals surface area contributed by atoms with Crippen LogP contribution < -0.4 is 10.5 Å². The second kappa shape index (κ2) is 8.00. The number of aryl methyl sites for hydroxylation is 1. The van der Waals surface area contributed by atoms with Crippen LogP contribution >= 0.6 is 11.8 Å². The maximum Gasteiger partial charge on any atom is 0.293 e. The fourth-order valence-electron chi connectivity index (χ4n) is 2.18. The summed E-state index contributed by atoms with van der Waals surface area (Å²) in [7, 11) is 0. The molecule has 0 radical (unpaired) electrons. The lowest BCUT2D eigenvalue weighted by Crippen LogP contribution is -2.55. The molecule has 0 aliphatic carbocycles. The molecule has 1 aromatic rings. The van der Waals surface area contributed by atoms with Gasteiger partial charge in [-0.05, 0) is 49.2 Å². The van der Waals surface area contributed by atoms with Gasteiger partial charge < -0.3 is 10.5 Å². The molecule has 22 heavy (non-hydrogen) atoms. The van der Waals surface area contributed by atoms with Gasteiger partial charge in [-0.15, -0.1) is 0 Å². The minimum Gasteiger partial charge on any atom is -0.494 e. The van der Waals surface area contributed by atoms with Crippen LogP contribution in [0.2, 0.25) is 0 Å². The molecule has 0 bridgehead atoms. The summed E-state index contributed by atoms with van der Waals surface area (Å²) in [4.78, 5) is 25.5. The first kappa shape index (κ1) is 16.6. The van der Waals surface area contributed by atoms with Crippen LogP contribution in [0.1, 0.15) is 18.9 Å². The Labute approximate surface area is 134 Å². The Hall–Kier alpha value is -1.79. The number of quaternary nitrogens is 1. The van der Waals surface area contributed by atoms with Gasteiger partial charge in [0.15, 0.2) is 0 Å². The van der Waals surface area contributed by atoms with Crippen molar-refractivity contribution in [2.24, 2.45) is 0 Å². The monoisotopic (exact) mass is 321 g/mol. The molecule has 2 amide bonds. The van der Waals surface area contributed by atoms with E-state index < -0.39 is 0 Å². The number of amides is 2. The average Bonchev–Trinajstić information content (AvgIpc) is 2.77. The van der Waals surface area contributed by atoms with E-state index in [2.05, 4.69) is 5.73 Å². The molecular weight excluding hydrogens is 300 g/mol. The van der Waals surface area contributed by atoms with Crippen LogP contribution in [-0.2, 0) is 11.2 Å². The molecule has 0 saturated carbocycles. The third kappa shape index (κ3) is 4.11. The van der Waals surface area contributed by atoms with Gasteiger partial charge in [0.1, 0.15) is 5.75 Å². The van der Waals surface area contributed by atoms with E-state index in [1.807, 2.05) is 37.3 Å². The van der Waals surface area contributed by atoms with E-state index in [0.29, 0.717) is 24.6 Å². The first-order valence-electron chi connectivity index (χ1n) is 7.40. The van der Waals surface area contributed by atoms with Gasteiger partial charge in [0.05, 0.1) is 24.6 Å². The molecule has 1 aromatic carbocycles. The average molecular weight is 321 g/mol. The number of rotatable bonds is 7. The molecule has 1 aliphatic heterocycles. The summed E-state index contributed by atoms with van der Waals surface area (Å²) in [5.41, 5.74) is 4.86. The van der Waals surface area contributed by atoms with Gasteiger partial charge in [-0.25, -0.2) is 0 Å². The molecule has 6 heteroatoms. The van der Waals surface area contributed by atoms with E-state index in [1.54, 1.807) is 0 Å². The third-order valence-electron chi connectivity index (χ3n) is 3.25. The fourth-order valence-corrected chi connectivity index (χ4v) is 3.05. The van der Waals surface area contributed by atoms with E-state index in [4.69, 9.17) is 4.74 Å². The number of benzene rings is 1. The van der Waals surface area contributed by atoms with Gasteiger partial charge in [-0.2, -0.15) is 0 Å². The third-order valence-corrected chi connectivity index (χ3v) is 4.21. The van der Waals surface area contributed by atoms with Crippen LogP contribution in [0.4, 0.5) is 4.79 Å². The van der Waals surface area contributed by atoms with Crippen LogP contribution in [0.25, 0.3) is 0 Å². The number of imide groups is 1. The zero-order valence-electron chi connectivity index (χ0n) is 12.7. The van der Waals surface area contributed by atoms with E-state index in [1.165, 1.54) is 10.5 Å². The Kier molecular flexibility index (Phi) is 6.03. The zero-order chi connectivity index (χ0) is 15.9. The van der Waals surface area contributed by atoms with Crippen molar-refractivity contribution in [1.82, 2.24) is 4.90 Å². The Bertz CT molecular complexity index is 569.